The van der Waals surface area contributed by atoms with Crippen molar-refractivity contribution < 1.29 is 9.21 Å². The first-order chi connectivity index (χ1) is 11.5. The third-order valence-corrected chi connectivity index (χ3v) is 5.06. The molecule has 4 heteroatoms. The Hall–Kier alpha value is -2.23. The molecule has 0 aliphatic carbocycles. The molecular formula is C20H26N2O2. The lowest BCUT2D eigenvalue weighted by Gasteiger charge is -2.32. The SMILES string of the molecule is Cc1oc(C)c(C(=O)Nc2ccc(N3CCC(C)CC3)cc2)c1C. The molecule has 24 heavy (non-hydrogen) atoms. The normalized spacial score (nSPS) is 15.6. The molecule has 3 rings (SSSR count). The van der Waals surface area contributed by atoms with Crippen molar-refractivity contribution in [3.05, 3.63) is 46.9 Å². The maximum Gasteiger partial charge on any atom is 0.259 e. The first-order valence-corrected chi connectivity index (χ1v) is 8.68. The minimum atomic E-state index is -0.110. The van der Waals surface area contributed by atoms with Crippen LogP contribution in [0.1, 0.15) is 47.2 Å². The summed E-state index contributed by atoms with van der Waals surface area (Å²) in [5.41, 5.74) is 3.59. The number of nitrogens with zero attached hydrogens (tertiary/aromatic N) is 1. The van der Waals surface area contributed by atoms with Gasteiger partial charge in [-0.25, -0.2) is 0 Å². The highest BCUT2D eigenvalue weighted by Crippen LogP contribution is 2.25. The van der Waals surface area contributed by atoms with E-state index in [-0.39, 0.29) is 5.91 Å². The molecule has 1 aromatic carbocycles. The summed E-state index contributed by atoms with van der Waals surface area (Å²) >= 11 is 0. The Balaban J connectivity index is 1.69. The number of benzene rings is 1. The first kappa shape index (κ1) is 16.6. The van der Waals surface area contributed by atoms with Gasteiger partial charge in [0.05, 0.1) is 5.56 Å². The van der Waals surface area contributed by atoms with Crippen LogP contribution in [0.5, 0.6) is 0 Å². The number of amides is 1. The number of hydrogen-bond acceptors (Lipinski definition) is 3. The van der Waals surface area contributed by atoms with Crippen molar-refractivity contribution in [1.29, 1.82) is 0 Å². The molecule has 1 amide bonds. The topological polar surface area (TPSA) is 45.5 Å². The Bertz CT molecular complexity index is 723. The number of nitrogens with one attached hydrogen (secondary N) is 1. The second-order valence-corrected chi connectivity index (χ2v) is 6.89. The summed E-state index contributed by atoms with van der Waals surface area (Å²) in [6.07, 6.45) is 2.49. The monoisotopic (exact) mass is 326 g/mol. The lowest BCUT2D eigenvalue weighted by molar-refractivity contribution is 0.102. The van der Waals surface area contributed by atoms with Gasteiger partial charge in [0.25, 0.3) is 5.91 Å². The molecule has 0 unspecified atom stereocenters. The van der Waals surface area contributed by atoms with Crippen molar-refractivity contribution in [2.24, 2.45) is 5.92 Å². The van der Waals surface area contributed by atoms with Crippen LogP contribution in [0.2, 0.25) is 0 Å². The van der Waals surface area contributed by atoms with Crippen molar-refractivity contribution in [2.45, 2.75) is 40.5 Å². The third kappa shape index (κ3) is 3.32. The van der Waals surface area contributed by atoms with Crippen LogP contribution in [0.25, 0.3) is 0 Å². The zero-order valence-electron chi connectivity index (χ0n) is 15.0. The molecule has 1 fully saturated rings. The summed E-state index contributed by atoms with van der Waals surface area (Å²) in [6.45, 7) is 10.2. The zero-order chi connectivity index (χ0) is 17.3. The lowest BCUT2D eigenvalue weighted by Crippen LogP contribution is -2.32. The molecule has 4 nitrogen and oxygen atoms in total. The number of aryl methyl sites for hydroxylation is 2. The number of piperidine rings is 1. The highest BCUT2D eigenvalue weighted by molar-refractivity contribution is 6.06. The highest BCUT2D eigenvalue weighted by atomic mass is 16.3. The Morgan fingerprint density at radius 3 is 2.25 bits per heavy atom. The van der Waals surface area contributed by atoms with Gasteiger partial charge in [0.1, 0.15) is 11.5 Å². The number of carbonyl (C=O) groups is 1. The number of carbonyl (C=O) groups excluding carboxylic acids is 1. The molecular weight excluding hydrogens is 300 g/mol. The van der Waals surface area contributed by atoms with E-state index in [1.54, 1.807) is 0 Å². The molecule has 0 spiro atoms. The van der Waals surface area contributed by atoms with E-state index in [0.717, 1.165) is 36.0 Å². The number of rotatable bonds is 3. The van der Waals surface area contributed by atoms with Crippen LogP contribution in [-0.4, -0.2) is 19.0 Å². The van der Waals surface area contributed by atoms with E-state index < -0.39 is 0 Å². The number of hydrogen-bond donors (Lipinski definition) is 1. The van der Waals surface area contributed by atoms with Crippen molar-refractivity contribution in [3.8, 4) is 0 Å². The van der Waals surface area contributed by atoms with Crippen molar-refractivity contribution in [3.63, 3.8) is 0 Å². The number of furan rings is 1. The van der Waals surface area contributed by atoms with Gasteiger partial charge in [-0.2, -0.15) is 0 Å². The third-order valence-electron chi connectivity index (χ3n) is 5.06. The zero-order valence-corrected chi connectivity index (χ0v) is 15.0. The van der Waals surface area contributed by atoms with Crippen LogP contribution >= 0.6 is 0 Å². The lowest BCUT2D eigenvalue weighted by atomic mass is 9.99. The molecule has 1 aliphatic rings. The molecule has 1 N–H and O–H groups in total. The van der Waals surface area contributed by atoms with Crippen LogP contribution in [0.4, 0.5) is 11.4 Å². The predicted molar refractivity (Wildman–Crippen MR) is 97.9 cm³/mol. The fourth-order valence-corrected chi connectivity index (χ4v) is 3.34. The summed E-state index contributed by atoms with van der Waals surface area (Å²) in [5.74, 6) is 2.18. The summed E-state index contributed by atoms with van der Waals surface area (Å²) in [7, 11) is 0. The van der Waals surface area contributed by atoms with E-state index in [0.29, 0.717) is 11.3 Å². The van der Waals surface area contributed by atoms with E-state index in [4.69, 9.17) is 4.42 Å². The molecule has 128 valence electrons. The van der Waals surface area contributed by atoms with Crippen molar-refractivity contribution >= 4 is 17.3 Å². The summed E-state index contributed by atoms with van der Waals surface area (Å²) in [5, 5.41) is 2.97. The second kappa shape index (κ2) is 6.71. The van der Waals surface area contributed by atoms with Crippen molar-refractivity contribution in [1.82, 2.24) is 0 Å². The summed E-state index contributed by atoms with van der Waals surface area (Å²) < 4.78 is 5.54. The van der Waals surface area contributed by atoms with Crippen LogP contribution in [0, 0.1) is 26.7 Å². The average molecular weight is 326 g/mol. The molecule has 0 saturated carbocycles. The summed E-state index contributed by atoms with van der Waals surface area (Å²) in [6, 6.07) is 8.13. The van der Waals surface area contributed by atoms with Crippen LogP contribution in [-0.2, 0) is 0 Å². The molecule has 0 bridgehead atoms. The van der Waals surface area contributed by atoms with Gasteiger partial charge in [-0.15, -0.1) is 0 Å². The van der Waals surface area contributed by atoms with E-state index in [1.165, 1.54) is 18.5 Å². The largest absolute Gasteiger partial charge is 0.466 e. The highest BCUT2D eigenvalue weighted by Gasteiger charge is 2.19. The Morgan fingerprint density at radius 1 is 1.08 bits per heavy atom. The van der Waals surface area contributed by atoms with E-state index in [1.807, 2.05) is 32.9 Å². The minimum absolute atomic E-state index is 0.110. The van der Waals surface area contributed by atoms with Crippen LogP contribution < -0.4 is 10.2 Å². The van der Waals surface area contributed by atoms with E-state index in [2.05, 4.69) is 29.3 Å². The average Bonchev–Trinajstić information content (AvgIpc) is 2.81. The van der Waals surface area contributed by atoms with Crippen molar-refractivity contribution in [2.75, 3.05) is 23.3 Å². The molecule has 2 heterocycles. The minimum Gasteiger partial charge on any atom is -0.466 e. The number of anilines is 2. The fourth-order valence-electron chi connectivity index (χ4n) is 3.34. The van der Waals surface area contributed by atoms with Gasteiger partial charge in [-0.05, 0) is 63.8 Å². The molecule has 0 atom stereocenters. The maximum absolute atomic E-state index is 12.5. The summed E-state index contributed by atoms with van der Waals surface area (Å²) in [4.78, 5) is 14.9. The molecule has 2 aromatic rings. The first-order valence-electron chi connectivity index (χ1n) is 8.68. The Kier molecular flexibility index (Phi) is 4.65. The van der Waals surface area contributed by atoms with Gasteiger partial charge in [-0.3, -0.25) is 4.79 Å². The Morgan fingerprint density at radius 2 is 1.71 bits per heavy atom. The Labute approximate surface area is 143 Å². The quantitative estimate of drug-likeness (QED) is 0.889. The van der Waals surface area contributed by atoms with E-state index >= 15 is 0 Å². The fraction of sp³-hybridized carbons (Fsp3) is 0.450. The standard InChI is InChI=1S/C20H26N2O2/c1-13-9-11-22(12-10-13)18-7-5-17(6-8-18)21-20(23)19-14(2)15(3)24-16(19)4/h5-8,13H,9-12H2,1-4H3,(H,21,23). The van der Waals surface area contributed by atoms with Gasteiger partial charge in [-0.1, -0.05) is 6.92 Å². The second-order valence-electron chi connectivity index (χ2n) is 6.89. The van der Waals surface area contributed by atoms with E-state index in [9.17, 15) is 4.79 Å². The maximum atomic E-state index is 12.5. The molecule has 1 aliphatic heterocycles. The van der Waals surface area contributed by atoms with Gasteiger partial charge in [0, 0.05) is 30.0 Å². The predicted octanol–water partition coefficient (Wildman–Crippen LogP) is 4.69. The van der Waals surface area contributed by atoms with Gasteiger partial charge in [0.2, 0.25) is 0 Å². The van der Waals surface area contributed by atoms with Crippen LogP contribution in [0.3, 0.4) is 0 Å². The smallest absolute Gasteiger partial charge is 0.259 e. The van der Waals surface area contributed by atoms with Gasteiger partial charge in [0.15, 0.2) is 0 Å². The van der Waals surface area contributed by atoms with Gasteiger partial charge >= 0.3 is 0 Å². The van der Waals surface area contributed by atoms with Gasteiger partial charge < -0.3 is 14.6 Å². The molecule has 0 radical (unpaired) electrons. The molecule has 1 saturated heterocycles. The van der Waals surface area contributed by atoms with Crippen LogP contribution in [0.15, 0.2) is 28.7 Å². The molecule has 1 aromatic heterocycles.